The van der Waals surface area contributed by atoms with Gasteiger partial charge in [-0.1, -0.05) is 19.3 Å². The molecular weight excluding hydrogens is 426 g/mol. The molecule has 10 heteroatoms. The molecule has 0 spiro atoms. The number of methoxy groups -OCH3 is 1. The van der Waals surface area contributed by atoms with Crippen LogP contribution >= 0.6 is 0 Å². The molecule has 1 fully saturated rings. The number of nitrogens with zero attached hydrogens (tertiary/aromatic N) is 4. The van der Waals surface area contributed by atoms with E-state index in [-0.39, 0.29) is 24.7 Å². The summed E-state index contributed by atoms with van der Waals surface area (Å²) in [4.78, 5) is 30.0. The number of benzene rings is 1. The molecule has 0 amide bonds. The minimum Gasteiger partial charge on any atom is -0.497 e. The molecule has 1 unspecified atom stereocenters. The highest BCUT2D eigenvalue weighted by molar-refractivity contribution is 5.74. The van der Waals surface area contributed by atoms with Gasteiger partial charge in [-0.15, -0.1) is 0 Å². The van der Waals surface area contributed by atoms with Crippen LogP contribution in [0.5, 0.6) is 11.5 Å². The Hall–Kier alpha value is -3.27. The van der Waals surface area contributed by atoms with E-state index in [0.29, 0.717) is 23.1 Å². The Balaban J connectivity index is 1.62. The van der Waals surface area contributed by atoms with Crippen LogP contribution in [0.2, 0.25) is 0 Å². The zero-order valence-electron chi connectivity index (χ0n) is 19.3. The van der Waals surface area contributed by atoms with Gasteiger partial charge in [0.1, 0.15) is 24.2 Å². The number of imidazole rings is 1. The Bertz CT molecular complexity index is 1220. The smallest absolute Gasteiger partial charge is 0.332 e. The third-order valence-electron chi connectivity index (χ3n) is 6.18. The average Bonchev–Trinajstić information content (AvgIpc) is 3.18. The van der Waals surface area contributed by atoms with E-state index in [1.54, 1.807) is 43.0 Å². The molecule has 1 aliphatic rings. The van der Waals surface area contributed by atoms with Crippen LogP contribution in [0.1, 0.15) is 32.1 Å². The zero-order chi connectivity index (χ0) is 23.5. The molecule has 2 N–H and O–H groups in total. The van der Waals surface area contributed by atoms with Gasteiger partial charge in [0.2, 0.25) is 5.95 Å². The molecule has 2 aromatic heterocycles. The highest BCUT2D eigenvalue weighted by Gasteiger charge is 2.23. The van der Waals surface area contributed by atoms with Crippen molar-refractivity contribution in [2.45, 2.75) is 50.8 Å². The number of ether oxygens (including phenoxy) is 2. The summed E-state index contributed by atoms with van der Waals surface area (Å²) in [7, 11) is 4.63. The second-order valence-electron chi connectivity index (χ2n) is 8.54. The predicted molar refractivity (Wildman–Crippen MR) is 125 cm³/mol. The van der Waals surface area contributed by atoms with Gasteiger partial charge in [-0.3, -0.25) is 13.9 Å². The number of aliphatic hydroxyl groups excluding tert-OH is 1. The Labute approximate surface area is 191 Å². The fourth-order valence-corrected chi connectivity index (χ4v) is 4.29. The van der Waals surface area contributed by atoms with Crippen molar-refractivity contribution >= 4 is 17.1 Å². The van der Waals surface area contributed by atoms with E-state index >= 15 is 0 Å². The van der Waals surface area contributed by atoms with Gasteiger partial charge < -0.3 is 24.5 Å². The van der Waals surface area contributed by atoms with Gasteiger partial charge in [0, 0.05) is 20.1 Å². The molecule has 0 aliphatic heterocycles. The second-order valence-corrected chi connectivity index (χ2v) is 8.54. The molecule has 2 heterocycles. The number of anilines is 1. The summed E-state index contributed by atoms with van der Waals surface area (Å²) in [5, 5.41) is 14.2. The largest absolute Gasteiger partial charge is 0.497 e. The van der Waals surface area contributed by atoms with Crippen molar-refractivity contribution in [1.82, 2.24) is 18.7 Å². The lowest BCUT2D eigenvalue weighted by molar-refractivity contribution is 0.0937. The quantitative estimate of drug-likeness (QED) is 0.529. The van der Waals surface area contributed by atoms with Crippen molar-refractivity contribution in [1.29, 1.82) is 0 Å². The van der Waals surface area contributed by atoms with Gasteiger partial charge in [-0.05, 0) is 37.1 Å². The molecule has 10 nitrogen and oxygen atoms in total. The SMILES string of the molecule is COc1ccc(OCC(O)Cn2c(NC3CCCCC3)nc3c2c(=O)n(C)c(=O)n3C)cc1. The summed E-state index contributed by atoms with van der Waals surface area (Å²) in [6, 6.07) is 7.32. The standard InChI is InChI=1S/C23H31N5O5/c1-26-20-19(21(30)27(2)23(26)31)28(22(25-20)24-15-7-5-4-6-8-15)13-16(29)14-33-18-11-9-17(32-3)10-12-18/h9-12,15-16,29H,4-8,13-14H2,1-3H3,(H,24,25). The first-order valence-electron chi connectivity index (χ1n) is 11.3. The summed E-state index contributed by atoms with van der Waals surface area (Å²) < 4.78 is 15.0. The summed E-state index contributed by atoms with van der Waals surface area (Å²) in [6.07, 6.45) is 4.61. The third-order valence-corrected chi connectivity index (χ3v) is 6.18. The van der Waals surface area contributed by atoms with E-state index in [1.165, 1.54) is 18.0 Å². The van der Waals surface area contributed by atoms with E-state index in [9.17, 15) is 14.7 Å². The highest BCUT2D eigenvalue weighted by atomic mass is 16.5. The van der Waals surface area contributed by atoms with Crippen LogP contribution in [0.25, 0.3) is 11.2 Å². The normalized spacial score (nSPS) is 15.5. The molecule has 0 bridgehead atoms. The fourth-order valence-electron chi connectivity index (χ4n) is 4.29. The van der Waals surface area contributed by atoms with Gasteiger partial charge in [0.05, 0.1) is 13.7 Å². The van der Waals surface area contributed by atoms with E-state index < -0.39 is 17.4 Å². The van der Waals surface area contributed by atoms with Crippen molar-refractivity contribution < 1.29 is 14.6 Å². The summed E-state index contributed by atoms with van der Waals surface area (Å²) in [5.74, 6) is 1.80. The van der Waals surface area contributed by atoms with Crippen molar-refractivity contribution in [3.8, 4) is 11.5 Å². The Morgan fingerprint density at radius 1 is 1.09 bits per heavy atom. The minimum atomic E-state index is -0.904. The maximum absolute atomic E-state index is 13.0. The van der Waals surface area contributed by atoms with Crippen LogP contribution in [0, 0.1) is 0 Å². The Morgan fingerprint density at radius 3 is 2.42 bits per heavy atom. The first kappa shape index (κ1) is 22.9. The molecule has 1 saturated carbocycles. The number of hydrogen-bond acceptors (Lipinski definition) is 7. The number of aromatic nitrogens is 4. The maximum Gasteiger partial charge on any atom is 0.332 e. The van der Waals surface area contributed by atoms with E-state index in [2.05, 4.69) is 10.3 Å². The summed E-state index contributed by atoms with van der Waals surface area (Å²) >= 11 is 0. The van der Waals surface area contributed by atoms with E-state index in [4.69, 9.17) is 9.47 Å². The zero-order valence-corrected chi connectivity index (χ0v) is 19.3. The van der Waals surface area contributed by atoms with Crippen molar-refractivity contribution in [2.75, 3.05) is 19.0 Å². The van der Waals surface area contributed by atoms with Crippen molar-refractivity contribution in [3.05, 3.63) is 45.1 Å². The van der Waals surface area contributed by atoms with Crippen molar-refractivity contribution in [3.63, 3.8) is 0 Å². The molecule has 0 saturated heterocycles. The van der Waals surface area contributed by atoms with Crippen LogP contribution in [0.3, 0.4) is 0 Å². The molecule has 0 radical (unpaired) electrons. The molecular formula is C23H31N5O5. The number of aliphatic hydroxyl groups is 1. The maximum atomic E-state index is 13.0. The summed E-state index contributed by atoms with van der Waals surface area (Å²) in [5.41, 5.74) is -0.309. The first-order chi connectivity index (χ1) is 15.9. The Kier molecular flexibility index (Phi) is 6.73. The molecule has 33 heavy (non-hydrogen) atoms. The Morgan fingerprint density at radius 2 is 1.76 bits per heavy atom. The monoisotopic (exact) mass is 457 g/mol. The molecule has 1 aliphatic carbocycles. The molecule has 1 aromatic carbocycles. The molecule has 3 aromatic rings. The lowest BCUT2D eigenvalue weighted by atomic mass is 9.96. The molecule has 1 atom stereocenters. The van der Waals surface area contributed by atoms with Gasteiger partial charge >= 0.3 is 5.69 Å². The fraction of sp³-hybridized carbons (Fsp3) is 0.522. The van der Waals surface area contributed by atoms with E-state index in [1.807, 2.05) is 0 Å². The number of aryl methyl sites for hydroxylation is 1. The van der Waals surface area contributed by atoms with Gasteiger partial charge in [-0.2, -0.15) is 4.98 Å². The van der Waals surface area contributed by atoms with Gasteiger partial charge in [-0.25, -0.2) is 4.79 Å². The number of hydrogen-bond donors (Lipinski definition) is 2. The van der Waals surface area contributed by atoms with Crippen LogP contribution in [-0.4, -0.2) is 49.7 Å². The first-order valence-corrected chi connectivity index (χ1v) is 11.3. The van der Waals surface area contributed by atoms with Crippen molar-refractivity contribution in [2.24, 2.45) is 14.1 Å². The van der Waals surface area contributed by atoms with Gasteiger partial charge in [0.25, 0.3) is 5.56 Å². The molecule has 4 rings (SSSR count). The highest BCUT2D eigenvalue weighted by Crippen LogP contribution is 2.24. The number of nitrogens with one attached hydrogen (secondary N) is 1. The van der Waals surface area contributed by atoms with Crippen LogP contribution < -0.4 is 26.0 Å². The van der Waals surface area contributed by atoms with E-state index in [0.717, 1.165) is 30.3 Å². The summed E-state index contributed by atoms with van der Waals surface area (Å²) in [6.45, 7) is 0.121. The predicted octanol–water partition coefficient (Wildman–Crippen LogP) is 1.63. The topological polar surface area (TPSA) is 113 Å². The number of fused-ring (bicyclic) bond motifs is 1. The van der Waals surface area contributed by atoms with Crippen LogP contribution in [-0.2, 0) is 20.6 Å². The molecule has 178 valence electrons. The minimum absolute atomic E-state index is 0.0287. The number of rotatable bonds is 8. The third kappa shape index (κ3) is 4.75. The average molecular weight is 458 g/mol. The van der Waals surface area contributed by atoms with Crippen LogP contribution in [0.4, 0.5) is 5.95 Å². The van der Waals surface area contributed by atoms with Gasteiger partial charge in [0.15, 0.2) is 11.2 Å². The lowest BCUT2D eigenvalue weighted by Crippen LogP contribution is -2.38. The van der Waals surface area contributed by atoms with Crippen LogP contribution in [0.15, 0.2) is 33.9 Å². The lowest BCUT2D eigenvalue weighted by Gasteiger charge is -2.24. The second kappa shape index (κ2) is 9.70.